The van der Waals surface area contributed by atoms with Crippen LogP contribution in [0.15, 0.2) is 17.0 Å². The predicted octanol–water partition coefficient (Wildman–Crippen LogP) is 1.29. The van der Waals surface area contributed by atoms with Crippen molar-refractivity contribution in [1.29, 1.82) is 0 Å². The fraction of sp³-hybridized carbons (Fsp3) is 0.222. The van der Waals surface area contributed by atoms with Gasteiger partial charge < -0.3 is 14.6 Å². The number of amides is 1. The Bertz CT molecular complexity index is 449. The number of halogens is 1. The molecule has 16 heavy (non-hydrogen) atoms. The SMILES string of the molecule is CNC(=O)c1cc(Cl)cc(S(=O)O)c1OC. The first-order valence-electron chi connectivity index (χ1n) is 4.21. The monoisotopic (exact) mass is 263 g/mol. The summed E-state index contributed by atoms with van der Waals surface area (Å²) in [7, 11) is 2.75. The predicted molar refractivity (Wildman–Crippen MR) is 60.4 cm³/mol. The van der Waals surface area contributed by atoms with Gasteiger partial charge in [-0.05, 0) is 12.1 Å². The largest absolute Gasteiger partial charge is 0.495 e. The Morgan fingerprint density at radius 3 is 2.62 bits per heavy atom. The van der Waals surface area contributed by atoms with Crippen LogP contribution in [0.5, 0.6) is 5.75 Å². The molecule has 2 N–H and O–H groups in total. The first-order valence-corrected chi connectivity index (χ1v) is 5.70. The summed E-state index contributed by atoms with van der Waals surface area (Å²) < 4.78 is 25.0. The number of hydrogen-bond donors (Lipinski definition) is 2. The van der Waals surface area contributed by atoms with E-state index in [1.807, 2.05) is 0 Å². The topological polar surface area (TPSA) is 75.6 Å². The molecular weight excluding hydrogens is 254 g/mol. The van der Waals surface area contributed by atoms with E-state index in [1.165, 1.54) is 26.3 Å². The molecule has 0 aliphatic carbocycles. The molecule has 1 rings (SSSR count). The lowest BCUT2D eigenvalue weighted by Crippen LogP contribution is -2.19. The lowest BCUT2D eigenvalue weighted by atomic mass is 10.2. The number of methoxy groups -OCH3 is 1. The molecule has 0 spiro atoms. The molecule has 1 aromatic carbocycles. The Morgan fingerprint density at radius 1 is 1.56 bits per heavy atom. The minimum Gasteiger partial charge on any atom is -0.495 e. The summed E-state index contributed by atoms with van der Waals surface area (Å²) in [6.45, 7) is 0. The number of benzene rings is 1. The summed E-state index contributed by atoms with van der Waals surface area (Å²) in [5.74, 6) is -0.393. The van der Waals surface area contributed by atoms with Gasteiger partial charge in [0.2, 0.25) is 0 Å². The van der Waals surface area contributed by atoms with E-state index in [9.17, 15) is 9.00 Å². The van der Waals surface area contributed by atoms with Crippen molar-refractivity contribution in [1.82, 2.24) is 5.32 Å². The normalized spacial score (nSPS) is 12.0. The Kier molecular flexibility index (Phi) is 4.28. The molecule has 0 heterocycles. The highest BCUT2D eigenvalue weighted by Crippen LogP contribution is 2.30. The number of nitrogens with one attached hydrogen (secondary N) is 1. The van der Waals surface area contributed by atoms with Crippen LogP contribution in [-0.4, -0.2) is 28.8 Å². The minimum absolute atomic E-state index is 0.0337. The first kappa shape index (κ1) is 13.0. The van der Waals surface area contributed by atoms with E-state index in [0.29, 0.717) is 0 Å². The molecule has 0 fully saturated rings. The molecule has 0 aliphatic rings. The van der Waals surface area contributed by atoms with Gasteiger partial charge in [0.15, 0.2) is 11.1 Å². The smallest absolute Gasteiger partial charge is 0.254 e. The van der Waals surface area contributed by atoms with Crippen molar-refractivity contribution < 1.29 is 18.3 Å². The average Bonchev–Trinajstić information content (AvgIpc) is 2.26. The van der Waals surface area contributed by atoms with Gasteiger partial charge in [0, 0.05) is 12.1 Å². The molecule has 1 atom stereocenters. The minimum atomic E-state index is -2.27. The van der Waals surface area contributed by atoms with Gasteiger partial charge in [-0.25, -0.2) is 4.21 Å². The van der Waals surface area contributed by atoms with Crippen LogP contribution in [0.3, 0.4) is 0 Å². The van der Waals surface area contributed by atoms with Crippen LogP contribution >= 0.6 is 11.6 Å². The third kappa shape index (κ3) is 2.52. The van der Waals surface area contributed by atoms with Crippen LogP contribution in [0.2, 0.25) is 5.02 Å². The molecule has 0 radical (unpaired) electrons. The van der Waals surface area contributed by atoms with Crippen molar-refractivity contribution >= 4 is 28.6 Å². The summed E-state index contributed by atoms with van der Waals surface area (Å²) in [6.07, 6.45) is 0. The van der Waals surface area contributed by atoms with Gasteiger partial charge in [-0.1, -0.05) is 11.6 Å². The lowest BCUT2D eigenvalue weighted by molar-refractivity contribution is 0.0959. The molecule has 0 saturated heterocycles. The molecule has 0 saturated carbocycles. The molecule has 1 amide bonds. The summed E-state index contributed by atoms with van der Waals surface area (Å²) in [5.41, 5.74) is 0.120. The highest BCUT2D eigenvalue weighted by molar-refractivity contribution is 7.79. The second kappa shape index (κ2) is 5.29. The number of hydrogen-bond acceptors (Lipinski definition) is 3. The van der Waals surface area contributed by atoms with E-state index >= 15 is 0 Å². The van der Waals surface area contributed by atoms with Gasteiger partial charge in [0.25, 0.3) is 5.91 Å². The number of carbonyl (C=O) groups is 1. The standard InChI is InChI=1S/C9H10ClNO4S/c1-11-9(12)6-3-5(10)4-7(16(13)14)8(6)15-2/h3-4H,1-2H3,(H,11,12)(H,13,14). The zero-order valence-corrected chi connectivity index (χ0v) is 10.2. The van der Waals surface area contributed by atoms with Gasteiger partial charge in [0.05, 0.1) is 12.7 Å². The van der Waals surface area contributed by atoms with Crippen LogP contribution in [-0.2, 0) is 11.1 Å². The molecule has 0 bridgehead atoms. The molecule has 0 aliphatic heterocycles. The van der Waals surface area contributed by atoms with Crippen molar-refractivity contribution in [2.45, 2.75) is 4.90 Å². The van der Waals surface area contributed by atoms with E-state index in [-0.39, 0.29) is 21.2 Å². The van der Waals surface area contributed by atoms with Crippen molar-refractivity contribution in [3.05, 3.63) is 22.7 Å². The van der Waals surface area contributed by atoms with Crippen molar-refractivity contribution in [2.75, 3.05) is 14.2 Å². The summed E-state index contributed by atoms with van der Waals surface area (Å²) >= 11 is 3.47. The van der Waals surface area contributed by atoms with Gasteiger partial charge in [0.1, 0.15) is 10.6 Å². The highest BCUT2D eigenvalue weighted by atomic mass is 35.5. The molecule has 88 valence electrons. The quantitative estimate of drug-likeness (QED) is 0.806. The van der Waals surface area contributed by atoms with Crippen LogP contribution in [0.1, 0.15) is 10.4 Å². The molecular formula is C9H10ClNO4S. The fourth-order valence-corrected chi connectivity index (χ4v) is 2.07. The second-order valence-corrected chi connectivity index (χ2v) is 4.19. The van der Waals surface area contributed by atoms with Gasteiger partial charge in [-0.15, -0.1) is 0 Å². The van der Waals surface area contributed by atoms with E-state index in [0.717, 1.165) is 0 Å². The Labute approximate surface area is 100 Å². The zero-order chi connectivity index (χ0) is 12.3. The van der Waals surface area contributed by atoms with Crippen molar-refractivity contribution in [3.8, 4) is 5.75 Å². The zero-order valence-electron chi connectivity index (χ0n) is 8.61. The van der Waals surface area contributed by atoms with Gasteiger partial charge in [-0.3, -0.25) is 4.79 Å². The average molecular weight is 264 g/mol. The number of rotatable bonds is 3. The molecule has 1 aromatic rings. The summed E-state index contributed by atoms with van der Waals surface area (Å²) in [4.78, 5) is 11.5. The third-order valence-electron chi connectivity index (χ3n) is 1.88. The maximum Gasteiger partial charge on any atom is 0.254 e. The molecule has 1 unspecified atom stereocenters. The van der Waals surface area contributed by atoms with E-state index in [2.05, 4.69) is 5.32 Å². The maximum atomic E-state index is 11.5. The molecule has 0 aromatic heterocycles. The summed E-state index contributed by atoms with van der Waals surface area (Å²) in [5, 5.41) is 2.58. The molecule has 5 nitrogen and oxygen atoms in total. The van der Waals surface area contributed by atoms with Crippen LogP contribution in [0.4, 0.5) is 0 Å². The van der Waals surface area contributed by atoms with Crippen molar-refractivity contribution in [2.24, 2.45) is 0 Å². The Morgan fingerprint density at radius 2 is 2.19 bits per heavy atom. The van der Waals surface area contributed by atoms with E-state index in [1.54, 1.807) is 0 Å². The van der Waals surface area contributed by atoms with Gasteiger partial charge in [-0.2, -0.15) is 0 Å². The molecule has 7 heteroatoms. The Balaban J connectivity index is 3.48. The third-order valence-corrected chi connectivity index (χ3v) is 2.78. The first-order chi connectivity index (χ1) is 7.51. The fourth-order valence-electron chi connectivity index (χ4n) is 1.21. The number of carbonyl (C=O) groups excluding carboxylic acids is 1. The summed E-state index contributed by atoms with van der Waals surface area (Å²) in [6, 6.07) is 2.65. The van der Waals surface area contributed by atoms with Gasteiger partial charge >= 0.3 is 0 Å². The van der Waals surface area contributed by atoms with Crippen molar-refractivity contribution in [3.63, 3.8) is 0 Å². The maximum absolute atomic E-state index is 11.5. The van der Waals surface area contributed by atoms with Crippen LogP contribution in [0.25, 0.3) is 0 Å². The Hall–Kier alpha value is -1.11. The number of ether oxygens (including phenoxy) is 1. The van der Waals surface area contributed by atoms with Crippen LogP contribution in [0, 0.1) is 0 Å². The lowest BCUT2D eigenvalue weighted by Gasteiger charge is -2.11. The second-order valence-electron chi connectivity index (χ2n) is 2.81. The highest BCUT2D eigenvalue weighted by Gasteiger charge is 2.19. The van der Waals surface area contributed by atoms with E-state index < -0.39 is 17.0 Å². The van der Waals surface area contributed by atoms with E-state index in [4.69, 9.17) is 20.9 Å². The van der Waals surface area contributed by atoms with Crippen LogP contribution < -0.4 is 10.1 Å².